The van der Waals surface area contributed by atoms with Gasteiger partial charge >= 0.3 is 5.00 Å². The summed E-state index contributed by atoms with van der Waals surface area (Å²) in [5.74, 6) is 0. The van der Waals surface area contributed by atoms with Crippen molar-refractivity contribution in [1.29, 1.82) is 0 Å². The van der Waals surface area contributed by atoms with E-state index in [1.165, 1.54) is 0 Å². The second kappa shape index (κ2) is 6.57. The molecular formula is C10H16N2O3S. The van der Waals surface area contributed by atoms with E-state index in [-0.39, 0.29) is 16.0 Å². The molecule has 0 spiro atoms. The summed E-state index contributed by atoms with van der Waals surface area (Å²) >= 11 is 1.16. The molecule has 1 unspecified atom stereocenters. The molecule has 6 heteroatoms. The van der Waals surface area contributed by atoms with E-state index >= 15 is 0 Å². The van der Waals surface area contributed by atoms with Gasteiger partial charge in [-0.15, -0.1) is 0 Å². The van der Waals surface area contributed by atoms with Crippen molar-refractivity contribution < 1.29 is 9.66 Å². The summed E-state index contributed by atoms with van der Waals surface area (Å²) in [6.45, 7) is 5.97. The number of hydrogen-bond donors (Lipinski definition) is 1. The average molecular weight is 244 g/mol. The van der Waals surface area contributed by atoms with E-state index < -0.39 is 0 Å². The van der Waals surface area contributed by atoms with Gasteiger partial charge in [0.2, 0.25) is 0 Å². The van der Waals surface area contributed by atoms with E-state index in [0.717, 1.165) is 16.9 Å². The molecule has 0 aliphatic heterocycles. The van der Waals surface area contributed by atoms with E-state index in [0.29, 0.717) is 19.8 Å². The maximum atomic E-state index is 10.5. The van der Waals surface area contributed by atoms with Gasteiger partial charge < -0.3 is 10.1 Å². The molecule has 0 radical (unpaired) electrons. The van der Waals surface area contributed by atoms with Gasteiger partial charge in [-0.2, -0.15) is 0 Å². The predicted octanol–water partition coefficient (Wildman–Crippen LogP) is 2.17. The molecule has 90 valence electrons. The number of rotatable bonds is 7. The average Bonchev–Trinajstić information content (AvgIpc) is 2.72. The smallest absolute Gasteiger partial charge is 0.324 e. The lowest BCUT2D eigenvalue weighted by Crippen LogP contribution is -2.29. The highest BCUT2D eigenvalue weighted by molar-refractivity contribution is 7.13. The minimum Gasteiger partial charge on any atom is -0.380 e. The van der Waals surface area contributed by atoms with Gasteiger partial charge in [-0.3, -0.25) is 10.1 Å². The third kappa shape index (κ3) is 4.26. The van der Waals surface area contributed by atoms with Crippen LogP contribution in [0.5, 0.6) is 0 Å². The summed E-state index contributed by atoms with van der Waals surface area (Å²) < 4.78 is 5.26. The molecule has 1 N–H and O–H groups in total. The summed E-state index contributed by atoms with van der Waals surface area (Å²) in [6.07, 6.45) is 0. The van der Waals surface area contributed by atoms with E-state index in [1.54, 1.807) is 11.4 Å². The van der Waals surface area contributed by atoms with Crippen LogP contribution >= 0.6 is 11.3 Å². The van der Waals surface area contributed by atoms with Crippen LogP contribution < -0.4 is 5.32 Å². The van der Waals surface area contributed by atoms with Gasteiger partial charge in [-0.25, -0.2) is 0 Å². The first-order valence-electron chi connectivity index (χ1n) is 5.16. The van der Waals surface area contributed by atoms with Crippen molar-refractivity contribution in [2.24, 2.45) is 0 Å². The number of nitrogens with zero attached hydrogens (tertiary/aromatic N) is 1. The monoisotopic (exact) mass is 244 g/mol. The third-order valence-electron chi connectivity index (χ3n) is 2.05. The number of nitrogens with one attached hydrogen (secondary N) is 1. The lowest BCUT2D eigenvalue weighted by atomic mass is 10.3. The van der Waals surface area contributed by atoms with Gasteiger partial charge in [0.1, 0.15) is 0 Å². The van der Waals surface area contributed by atoms with Crippen molar-refractivity contribution in [2.45, 2.75) is 26.4 Å². The summed E-state index contributed by atoms with van der Waals surface area (Å²) in [5, 5.41) is 15.7. The highest BCUT2D eigenvalue weighted by atomic mass is 32.1. The van der Waals surface area contributed by atoms with Gasteiger partial charge in [0, 0.05) is 30.6 Å². The van der Waals surface area contributed by atoms with Crippen LogP contribution in [0.15, 0.2) is 11.4 Å². The van der Waals surface area contributed by atoms with Crippen molar-refractivity contribution in [3.8, 4) is 0 Å². The molecule has 0 amide bonds. The van der Waals surface area contributed by atoms with Crippen LogP contribution in [0, 0.1) is 10.1 Å². The molecule has 1 heterocycles. The highest BCUT2D eigenvalue weighted by Crippen LogP contribution is 2.22. The van der Waals surface area contributed by atoms with E-state index in [4.69, 9.17) is 4.74 Å². The largest absolute Gasteiger partial charge is 0.380 e. The van der Waals surface area contributed by atoms with Gasteiger partial charge in [0.05, 0.1) is 11.5 Å². The van der Waals surface area contributed by atoms with Crippen LogP contribution in [-0.4, -0.2) is 24.2 Å². The number of nitro groups is 1. The van der Waals surface area contributed by atoms with Gasteiger partial charge in [-0.1, -0.05) is 11.3 Å². The Kier molecular flexibility index (Phi) is 5.37. The van der Waals surface area contributed by atoms with Crippen LogP contribution in [0.1, 0.15) is 19.4 Å². The predicted molar refractivity (Wildman–Crippen MR) is 63.8 cm³/mol. The van der Waals surface area contributed by atoms with Crippen molar-refractivity contribution in [2.75, 3.05) is 13.2 Å². The Hall–Kier alpha value is -0.980. The summed E-state index contributed by atoms with van der Waals surface area (Å²) in [4.78, 5) is 10.1. The quantitative estimate of drug-likeness (QED) is 0.589. The maximum Gasteiger partial charge on any atom is 0.324 e. The Morgan fingerprint density at radius 2 is 2.44 bits per heavy atom. The second-order valence-electron chi connectivity index (χ2n) is 3.49. The lowest BCUT2D eigenvalue weighted by molar-refractivity contribution is -0.380. The Morgan fingerprint density at radius 3 is 3.00 bits per heavy atom. The lowest BCUT2D eigenvalue weighted by Gasteiger charge is -2.12. The molecule has 1 atom stereocenters. The summed E-state index contributed by atoms with van der Waals surface area (Å²) in [6, 6.07) is 1.85. The zero-order valence-electron chi connectivity index (χ0n) is 9.43. The Morgan fingerprint density at radius 1 is 1.69 bits per heavy atom. The van der Waals surface area contributed by atoms with Crippen LogP contribution in [0.4, 0.5) is 5.00 Å². The summed E-state index contributed by atoms with van der Waals surface area (Å²) in [7, 11) is 0. The molecule has 5 nitrogen and oxygen atoms in total. The van der Waals surface area contributed by atoms with Crippen molar-refractivity contribution in [1.82, 2.24) is 5.32 Å². The minimum absolute atomic E-state index is 0.189. The van der Waals surface area contributed by atoms with E-state index in [1.807, 2.05) is 13.8 Å². The van der Waals surface area contributed by atoms with E-state index in [9.17, 15) is 10.1 Å². The van der Waals surface area contributed by atoms with Crippen molar-refractivity contribution >= 4 is 16.3 Å². The van der Waals surface area contributed by atoms with Crippen LogP contribution in [0.2, 0.25) is 0 Å². The van der Waals surface area contributed by atoms with Gasteiger partial charge in [-0.05, 0) is 19.4 Å². The van der Waals surface area contributed by atoms with Crippen LogP contribution in [0.3, 0.4) is 0 Å². The third-order valence-corrected chi connectivity index (χ3v) is 2.98. The maximum absolute atomic E-state index is 10.5. The first-order valence-corrected chi connectivity index (χ1v) is 6.04. The molecule has 16 heavy (non-hydrogen) atoms. The molecule has 0 aromatic carbocycles. The molecule has 1 rings (SSSR count). The molecule has 1 aromatic heterocycles. The van der Waals surface area contributed by atoms with Gasteiger partial charge in [0.15, 0.2) is 0 Å². The fourth-order valence-corrected chi connectivity index (χ4v) is 1.93. The van der Waals surface area contributed by atoms with Crippen LogP contribution in [-0.2, 0) is 11.3 Å². The Bertz CT molecular complexity index is 341. The molecule has 0 saturated heterocycles. The number of hydrogen-bond acceptors (Lipinski definition) is 5. The first-order chi connectivity index (χ1) is 7.63. The van der Waals surface area contributed by atoms with Crippen molar-refractivity contribution in [3.63, 3.8) is 0 Å². The molecular weight excluding hydrogens is 228 g/mol. The van der Waals surface area contributed by atoms with Crippen LogP contribution in [0.25, 0.3) is 0 Å². The number of thiophene rings is 1. The Balaban J connectivity index is 2.33. The topological polar surface area (TPSA) is 64.4 Å². The molecule has 0 saturated carbocycles. The normalized spacial score (nSPS) is 12.6. The highest BCUT2D eigenvalue weighted by Gasteiger charge is 2.10. The molecule has 0 aliphatic carbocycles. The Labute approximate surface area is 98.6 Å². The molecule has 0 bridgehead atoms. The fraction of sp³-hybridized carbons (Fsp3) is 0.600. The second-order valence-corrected chi connectivity index (χ2v) is 4.38. The molecule has 0 aliphatic rings. The zero-order valence-corrected chi connectivity index (χ0v) is 10.3. The minimum atomic E-state index is -0.363. The number of ether oxygens (including phenoxy) is 1. The summed E-state index contributed by atoms with van der Waals surface area (Å²) in [5.41, 5.74) is 0.944. The molecule has 1 aromatic rings. The van der Waals surface area contributed by atoms with Crippen molar-refractivity contribution in [3.05, 3.63) is 27.1 Å². The fourth-order valence-electron chi connectivity index (χ4n) is 1.20. The molecule has 0 fully saturated rings. The van der Waals surface area contributed by atoms with Gasteiger partial charge in [0.25, 0.3) is 0 Å². The standard InChI is InChI=1S/C10H16N2O3S/c1-3-15-6-8(2)11-5-9-4-10(12(13)14)16-7-9/h4,7-8,11H,3,5-6H2,1-2H3. The van der Waals surface area contributed by atoms with E-state index in [2.05, 4.69) is 5.32 Å². The first kappa shape index (κ1) is 13.1. The zero-order chi connectivity index (χ0) is 12.0. The SMILES string of the molecule is CCOCC(C)NCc1csc([N+](=O)[O-])c1.